The normalized spacial score (nSPS) is 24.6. The van der Waals surface area contributed by atoms with Crippen LogP contribution in [0.15, 0.2) is 29.3 Å². The first-order valence-corrected chi connectivity index (χ1v) is 6.73. The van der Waals surface area contributed by atoms with E-state index in [1.54, 1.807) is 6.34 Å². The molecule has 2 aliphatic rings. The lowest BCUT2D eigenvalue weighted by Gasteiger charge is -2.21. The van der Waals surface area contributed by atoms with E-state index < -0.39 is 6.04 Å². The van der Waals surface area contributed by atoms with Crippen molar-refractivity contribution in [1.29, 1.82) is 0 Å². The zero-order valence-electron chi connectivity index (χ0n) is 10.7. The second-order valence-electron chi connectivity index (χ2n) is 4.95. The molecule has 2 atom stereocenters. The van der Waals surface area contributed by atoms with E-state index in [4.69, 9.17) is 0 Å². The molecule has 5 nitrogen and oxygen atoms in total. The average Bonchev–Trinajstić information content (AvgIpc) is 2.97. The maximum Gasteiger partial charge on any atom is 0.249 e. The average molecular weight is 258 g/mol. The third-order valence-electron chi connectivity index (χ3n) is 3.63. The van der Waals surface area contributed by atoms with Crippen molar-refractivity contribution in [3.05, 3.63) is 29.8 Å². The number of para-hydroxylation sites is 1. The number of carbonyl (C=O) groups is 1. The van der Waals surface area contributed by atoms with E-state index in [0.29, 0.717) is 12.6 Å². The summed E-state index contributed by atoms with van der Waals surface area (Å²) in [6.45, 7) is 1.73. The van der Waals surface area contributed by atoms with Crippen molar-refractivity contribution < 1.29 is 4.79 Å². The van der Waals surface area contributed by atoms with Crippen molar-refractivity contribution in [3.8, 4) is 0 Å². The molecule has 1 fully saturated rings. The summed E-state index contributed by atoms with van der Waals surface area (Å²) in [4.78, 5) is 16.5. The second kappa shape index (κ2) is 5.40. The van der Waals surface area contributed by atoms with Gasteiger partial charge in [0.2, 0.25) is 5.91 Å². The highest BCUT2D eigenvalue weighted by Gasteiger charge is 2.25. The molecule has 3 rings (SSSR count). The lowest BCUT2D eigenvalue weighted by molar-refractivity contribution is -0.122. The lowest BCUT2D eigenvalue weighted by Crippen LogP contribution is -2.39. The molecule has 2 heterocycles. The van der Waals surface area contributed by atoms with Crippen molar-refractivity contribution in [2.45, 2.75) is 24.9 Å². The number of aliphatic imine (C=N–C) groups is 1. The minimum Gasteiger partial charge on any atom is -0.352 e. The minimum atomic E-state index is -0.432. The van der Waals surface area contributed by atoms with E-state index in [9.17, 15) is 4.79 Å². The first-order valence-electron chi connectivity index (χ1n) is 6.73. The van der Waals surface area contributed by atoms with E-state index >= 15 is 0 Å². The van der Waals surface area contributed by atoms with Crippen LogP contribution in [0.3, 0.4) is 0 Å². The van der Waals surface area contributed by atoms with Gasteiger partial charge in [-0.2, -0.15) is 0 Å². The van der Waals surface area contributed by atoms with Gasteiger partial charge in [0.05, 0.1) is 6.34 Å². The highest BCUT2D eigenvalue weighted by molar-refractivity contribution is 5.91. The van der Waals surface area contributed by atoms with E-state index in [-0.39, 0.29) is 5.91 Å². The predicted octanol–water partition coefficient (Wildman–Crippen LogP) is 1.05. The van der Waals surface area contributed by atoms with Crippen LogP contribution in [-0.4, -0.2) is 31.4 Å². The molecule has 0 spiro atoms. The molecule has 19 heavy (non-hydrogen) atoms. The lowest BCUT2D eigenvalue weighted by atomic mass is 10.0. The summed E-state index contributed by atoms with van der Waals surface area (Å²) in [5.74, 6) is -0.0288. The third-order valence-corrected chi connectivity index (χ3v) is 3.63. The zero-order chi connectivity index (χ0) is 13.1. The van der Waals surface area contributed by atoms with Gasteiger partial charge < -0.3 is 16.0 Å². The Bertz CT molecular complexity index is 494. The van der Waals surface area contributed by atoms with Crippen LogP contribution in [0.2, 0.25) is 0 Å². The van der Waals surface area contributed by atoms with Crippen LogP contribution in [0.25, 0.3) is 0 Å². The molecule has 1 amide bonds. The summed E-state index contributed by atoms with van der Waals surface area (Å²) in [5.41, 5.74) is 1.89. The smallest absolute Gasteiger partial charge is 0.249 e. The molecule has 1 unspecified atom stereocenters. The van der Waals surface area contributed by atoms with E-state index in [1.165, 1.54) is 6.42 Å². The van der Waals surface area contributed by atoms with Gasteiger partial charge in [-0.15, -0.1) is 0 Å². The first-order chi connectivity index (χ1) is 9.34. The number of fused-ring (bicyclic) bond motifs is 1. The van der Waals surface area contributed by atoms with Crippen LogP contribution in [0.4, 0.5) is 5.69 Å². The Balaban J connectivity index is 1.66. The molecule has 3 N–H and O–H groups in total. The molecule has 5 heteroatoms. The largest absolute Gasteiger partial charge is 0.352 e. The maximum absolute atomic E-state index is 12.2. The van der Waals surface area contributed by atoms with Crippen LogP contribution < -0.4 is 16.0 Å². The number of nitrogens with zero attached hydrogens (tertiary/aromatic N) is 1. The van der Waals surface area contributed by atoms with Crippen LogP contribution in [0.1, 0.15) is 24.4 Å². The molecule has 0 aliphatic carbocycles. The van der Waals surface area contributed by atoms with Crippen molar-refractivity contribution in [1.82, 2.24) is 10.6 Å². The highest BCUT2D eigenvalue weighted by Crippen LogP contribution is 2.28. The molecule has 0 radical (unpaired) electrons. The molecule has 0 bridgehead atoms. The minimum absolute atomic E-state index is 0.0288. The Labute approximate surface area is 112 Å². The van der Waals surface area contributed by atoms with Crippen molar-refractivity contribution in [3.63, 3.8) is 0 Å². The van der Waals surface area contributed by atoms with Crippen LogP contribution in [0, 0.1) is 0 Å². The van der Waals surface area contributed by atoms with E-state index in [0.717, 1.165) is 24.2 Å². The number of anilines is 1. The number of rotatable bonds is 3. The number of nitrogens with one attached hydrogen (secondary N) is 3. The Morgan fingerprint density at radius 3 is 3.16 bits per heavy atom. The molecule has 0 aromatic heterocycles. The Kier molecular flexibility index (Phi) is 3.46. The fraction of sp³-hybridized carbons (Fsp3) is 0.429. The summed E-state index contributed by atoms with van der Waals surface area (Å²) >= 11 is 0. The molecule has 2 aliphatic heterocycles. The van der Waals surface area contributed by atoms with Crippen molar-refractivity contribution in [2.24, 2.45) is 4.99 Å². The Morgan fingerprint density at radius 1 is 1.42 bits per heavy atom. The summed E-state index contributed by atoms with van der Waals surface area (Å²) in [7, 11) is 0. The topological polar surface area (TPSA) is 65.5 Å². The molecular weight excluding hydrogens is 240 g/mol. The first kappa shape index (κ1) is 12.2. The number of amides is 1. The van der Waals surface area contributed by atoms with Crippen LogP contribution >= 0.6 is 0 Å². The summed E-state index contributed by atoms with van der Waals surface area (Å²) in [6, 6.07) is 7.75. The number of hydrogen-bond donors (Lipinski definition) is 3. The molecule has 100 valence electrons. The van der Waals surface area contributed by atoms with Crippen molar-refractivity contribution in [2.75, 3.05) is 18.4 Å². The number of hydrogen-bond acceptors (Lipinski definition) is 4. The maximum atomic E-state index is 12.2. The van der Waals surface area contributed by atoms with E-state index in [2.05, 4.69) is 20.9 Å². The fourth-order valence-electron chi connectivity index (χ4n) is 2.59. The molecular formula is C14H18N4O. The SMILES string of the molecule is O=C(NC[C@@H]1CCCN1)C1N=CNc2ccccc21. The van der Waals surface area contributed by atoms with Gasteiger partial charge in [-0.3, -0.25) is 9.79 Å². The van der Waals surface area contributed by atoms with Gasteiger partial charge in [-0.05, 0) is 25.5 Å². The Hall–Kier alpha value is -1.88. The molecule has 1 aromatic carbocycles. The summed E-state index contributed by atoms with van der Waals surface area (Å²) in [6.07, 6.45) is 3.92. The summed E-state index contributed by atoms with van der Waals surface area (Å²) in [5, 5.41) is 9.42. The standard InChI is InChI=1S/C14H18N4O/c19-14(16-8-10-4-3-7-15-10)13-11-5-1-2-6-12(11)17-9-18-13/h1-2,5-6,9-10,13,15H,3-4,7-8H2,(H,16,19)(H,17,18)/t10-,13?/m0/s1. The van der Waals surface area contributed by atoms with Gasteiger partial charge in [0, 0.05) is 23.8 Å². The van der Waals surface area contributed by atoms with Gasteiger partial charge in [0.15, 0.2) is 6.04 Å². The monoisotopic (exact) mass is 258 g/mol. The fourth-order valence-corrected chi connectivity index (χ4v) is 2.59. The molecule has 0 saturated carbocycles. The zero-order valence-corrected chi connectivity index (χ0v) is 10.7. The molecule has 1 aromatic rings. The second-order valence-corrected chi connectivity index (χ2v) is 4.95. The Morgan fingerprint density at radius 2 is 2.32 bits per heavy atom. The summed E-state index contributed by atoms with van der Waals surface area (Å²) < 4.78 is 0. The van der Waals surface area contributed by atoms with Crippen molar-refractivity contribution >= 4 is 17.9 Å². The predicted molar refractivity (Wildman–Crippen MR) is 75.3 cm³/mol. The van der Waals surface area contributed by atoms with Crippen LogP contribution in [0.5, 0.6) is 0 Å². The highest BCUT2D eigenvalue weighted by atomic mass is 16.2. The molecule has 1 saturated heterocycles. The van der Waals surface area contributed by atoms with Gasteiger partial charge >= 0.3 is 0 Å². The number of carbonyl (C=O) groups excluding carboxylic acids is 1. The number of benzene rings is 1. The van der Waals surface area contributed by atoms with Gasteiger partial charge in [-0.1, -0.05) is 18.2 Å². The van der Waals surface area contributed by atoms with Gasteiger partial charge in [0.25, 0.3) is 0 Å². The quantitative estimate of drug-likeness (QED) is 0.759. The van der Waals surface area contributed by atoms with E-state index in [1.807, 2.05) is 24.3 Å². The van der Waals surface area contributed by atoms with Crippen LogP contribution in [-0.2, 0) is 4.79 Å². The van der Waals surface area contributed by atoms with Gasteiger partial charge in [0.1, 0.15) is 0 Å². The van der Waals surface area contributed by atoms with Gasteiger partial charge in [-0.25, -0.2) is 0 Å². The third kappa shape index (κ3) is 2.61.